The molecule has 1 aliphatic rings. The molecule has 3 atom stereocenters. The lowest BCUT2D eigenvalue weighted by Crippen LogP contribution is -2.16. The monoisotopic (exact) mass is 190 g/mol. The van der Waals surface area contributed by atoms with E-state index in [0.717, 1.165) is 0 Å². The van der Waals surface area contributed by atoms with Gasteiger partial charge in [0.1, 0.15) is 0 Å². The highest BCUT2D eigenvalue weighted by Crippen LogP contribution is 2.31. The lowest BCUT2D eigenvalue weighted by atomic mass is 9.94. The summed E-state index contributed by atoms with van der Waals surface area (Å²) in [6, 6.07) is 10.6. The van der Waals surface area contributed by atoms with Crippen molar-refractivity contribution in [1.29, 1.82) is 0 Å². The molecule has 2 rings (SSSR count). The molecule has 1 heterocycles. The molecule has 1 fully saturated rings. The zero-order valence-corrected chi connectivity index (χ0v) is 8.94. The van der Waals surface area contributed by atoms with Crippen molar-refractivity contribution >= 4 is 0 Å². The van der Waals surface area contributed by atoms with Gasteiger partial charge < -0.3 is 4.74 Å². The van der Waals surface area contributed by atoms with Crippen LogP contribution in [-0.2, 0) is 4.74 Å². The Morgan fingerprint density at radius 1 is 1.21 bits per heavy atom. The summed E-state index contributed by atoms with van der Waals surface area (Å²) in [6.45, 7) is 4.43. The summed E-state index contributed by atoms with van der Waals surface area (Å²) in [5, 5.41) is 0. The summed E-state index contributed by atoms with van der Waals surface area (Å²) in [5.41, 5.74) is 1.40. The van der Waals surface area contributed by atoms with Crippen LogP contribution in [0.25, 0.3) is 0 Å². The second kappa shape index (κ2) is 4.14. The fourth-order valence-corrected chi connectivity index (χ4v) is 2.17. The molecule has 0 aliphatic carbocycles. The smallest absolute Gasteiger partial charge is 0.0645 e. The van der Waals surface area contributed by atoms with E-state index in [1.54, 1.807) is 0 Å². The van der Waals surface area contributed by atoms with E-state index in [9.17, 15) is 0 Å². The number of ether oxygens (including phenoxy) is 1. The first-order chi connectivity index (χ1) is 6.77. The molecule has 0 unspecified atom stereocenters. The highest BCUT2D eigenvalue weighted by Gasteiger charge is 2.27. The van der Waals surface area contributed by atoms with Crippen LogP contribution in [0.5, 0.6) is 0 Å². The second-order valence-corrected chi connectivity index (χ2v) is 4.26. The summed E-state index contributed by atoms with van der Waals surface area (Å²) in [4.78, 5) is 0. The summed E-state index contributed by atoms with van der Waals surface area (Å²) >= 11 is 0. The van der Waals surface area contributed by atoms with Crippen molar-refractivity contribution in [2.24, 2.45) is 0 Å². The molecule has 1 aromatic rings. The van der Waals surface area contributed by atoms with E-state index in [1.165, 1.54) is 18.4 Å². The van der Waals surface area contributed by atoms with Gasteiger partial charge in [0.05, 0.1) is 12.2 Å². The van der Waals surface area contributed by atoms with Crippen LogP contribution in [0, 0.1) is 0 Å². The summed E-state index contributed by atoms with van der Waals surface area (Å²) in [5.74, 6) is 0.529. The molecule has 0 saturated carbocycles. The van der Waals surface area contributed by atoms with E-state index in [0.29, 0.717) is 18.1 Å². The molecule has 76 valence electrons. The van der Waals surface area contributed by atoms with Gasteiger partial charge in [0.15, 0.2) is 0 Å². The third kappa shape index (κ3) is 1.98. The number of benzene rings is 1. The van der Waals surface area contributed by atoms with E-state index in [1.807, 2.05) is 0 Å². The molecule has 1 aliphatic heterocycles. The second-order valence-electron chi connectivity index (χ2n) is 4.26. The maximum Gasteiger partial charge on any atom is 0.0645 e. The Balaban J connectivity index is 2.05. The number of hydrogen-bond acceptors (Lipinski definition) is 1. The third-order valence-electron chi connectivity index (χ3n) is 3.15. The minimum absolute atomic E-state index is 0.424. The lowest BCUT2D eigenvalue weighted by molar-refractivity contribution is 0.0425. The standard InChI is InChI=1S/C13H18O/c1-10-8-9-13(14-10)11(2)12-6-4-3-5-7-12/h3-7,10-11,13H,8-9H2,1-2H3/t10-,11-,13+/m0/s1. The average Bonchev–Trinajstić information content (AvgIpc) is 2.65. The first-order valence-corrected chi connectivity index (χ1v) is 5.48. The van der Waals surface area contributed by atoms with Gasteiger partial charge in [-0.15, -0.1) is 0 Å². The van der Waals surface area contributed by atoms with Crippen molar-refractivity contribution in [2.45, 2.75) is 44.8 Å². The van der Waals surface area contributed by atoms with Gasteiger partial charge in [-0.25, -0.2) is 0 Å². The highest BCUT2D eigenvalue weighted by atomic mass is 16.5. The van der Waals surface area contributed by atoms with E-state index in [2.05, 4.69) is 44.2 Å². The molecule has 1 nitrogen and oxygen atoms in total. The molecule has 14 heavy (non-hydrogen) atoms. The van der Waals surface area contributed by atoms with Gasteiger partial charge in [-0.3, -0.25) is 0 Å². The Bertz CT molecular complexity index is 281. The minimum Gasteiger partial charge on any atom is -0.375 e. The van der Waals surface area contributed by atoms with Crippen molar-refractivity contribution in [3.63, 3.8) is 0 Å². The van der Waals surface area contributed by atoms with Crippen LogP contribution in [0.1, 0.15) is 38.2 Å². The molecular formula is C13H18O. The van der Waals surface area contributed by atoms with Crippen LogP contribution in [0.2, 0.25) is 0 Å². The molecule has 0 N–H and O–H groups in total. The Morgan fingerprint density at radius 2 is 1.93 bits per heavy atom. The molecule has 0 spiro atoms. The zero-order chi connectivity index (χ0) is 9.97. The van der Waals surface area contributed by atoms with Crippen molar-refractivity contribution in [3.05, 3.63) is 35.9 Å². The number of rotatable bonds is 2. The maximum absolute atomic E-state index is 5.88. The topological polar surface area (TPSA) is 9.23 Å². The molecular weight excluding hydrogens is 172 g/mol. The van der Waals surface area contributed by atoms with Gasteiger partial charge in [0, 0.05) is 5.92 Å². The fraction of sp³-hybridized carbons (Fsp3) is 0.538. The molecule has 1 aromatic carbocycles. The molecule has 0 bridgehead atoms. The fourth-order valence-electron chi connectivity index (χ4n) is 2.17. The zero-order valence-electron chi connectivity index (χ0n) is 8.94. The normalized spacial score (nSPS) is 29.0. The van der Waals surface area contributed by atoms with Gasteiger partial charge in [0.25, 0.3) is 0 Å². The van der Waals surface area contributed by atoms with Crippen molar-refractivity contribution in [3.8, 4) is 0 Å². The Labute approximate surface area is 86.1 Å². The van der Waals surface area contributed by atoms with Crippen molar-refractivity contribution in [2.75, 3.05) is 0 Å². The third-order valence-corrected chi connectivity index (χ3v) is 3.15. The molecule has 1 saturated heterocycles. The average molecular weight is 190 g/mol. The minimum atomic E-state index is 0.424. The molecule has 0 amide bonds. The Hall–Kier alpha value is -0.820. The van der Waals surface area contributed by atoms with Crippen LogP contribution in [0.15, 0.2) is 30.3 Å². The van der Waals surface area contributed by atoms with Gasteiger partial charge in [-0.1, -0.05) is 37.3 Å². The first kappa shape index (κ1) is 9.72. The first-order valence-electron chi connectivity index (χ1n) is 5.48. The Morgan fingerprint density at radius 3 is 2.50 bits per heavy atom. The maximum atomic E-state index is 5.88. The predicted octanol–water partition coefficient (Wildman–Crippen LogP) is 3.36. The van der Waals surface area contributed by atoms with Gasteiger partial charge in [0.2, 0.25) is 0 Å². The lowest BCUT2D eigenvalue weighted by Gasteiger charge is -2.19. The van der Waals surface area contributed by atoms with Crippen LogP contribution in [0.4, 0.5) is 0 Å². The molecule has 1 heteroatoms. The van der Waals surface area contributed by atoms with Gasteiger partial charge in [-0.05, 0) is 25.3 Å². The molecule has 0 aromatic heterocycles. The summed E-state index contributed by atoms with van der Waals surface area (Å²) in [6.07, 6.45) is 3.29. The van der Waals surface area contributed by atoms with Crippen LogP contribution >= 0.6 is 0 Å². The van der Waals surface area contributed by atoms with E-state index < -0.39 is 0 Å². The van der Waals surface area contributed by atoms with E-state index >= 15 is 0 Å². The summed E-state index contributed by atoms with van der Waals surface area (Å²) in [7, 11) is 0. The largest absolute Gasteiger partial charge is 0.375 e. The number of hydrogen-bond donors (Lipinski definition) is 0. The SMILES string of the molecule is C[C@H]1CC[C@H]([C@@H](C)c2ccccc2)O1. The van der Waals surface area contributed by atoms with Crippen molar-refractivity contribution < 1.29 is 4.74 Å². The highest BCUT2D eigenvalue weighted by molar-refractivity contribution is 5.20. The van der Waals surface area contributed by atoms with Crippen LogP contribution in [0.3, 0.4) is 0 Å². The predicted molar refractivity (Wildman–Crippen MR) is 58.4 cm³/mol. The van der Waals surface area contributed by atoms with Gasteiger partial charge in [-0.2, -0.15) is 0 Å². The van der Waals surface area contributed by atoms with Crippen molar-refractivity contribution in [1.82, 2.24) is 0 Å². The molecule has 0 radical (unpaired) electrons. The quantitative estimate of drug-likeness (QED) is 0.695. The van der Waals surface area contributed by atoms with Crippen LogP contribution in [-0.4, -0.2) is 12.2 Å². The van der Waals surface area contributed by atoms with E-state index in [-0.39, 0.29) is 0 Å². The Kier molecular flexibility index (Phi) is 2.87. The van der Waals surface area contributed by atoms with E-state index in [4.69, 9.17) is 4.74 Å². The van der Waals surface area contributed by atoms with Gasteiger partial charge >= 0.3 is 0 Å². The van der Waals surface area contributed by atoms with Crippen LogP contribution < -0.4 is 0 Å². The summed E-state index contributed by atoms with van der Waals surface area (Å²) < 4.78 is 5.88.